The van der Waals surface area contributed by atoms with Crippen LogP contribution in [-0.2, 0) is 4.79 Å². The molecule has 0 aromatic heterocycles. The summed E-state index contributed by atoms with van der Waals surface area (Å²) in [6.45, 7) is 4.15. The molecule has 1 atom stereocenters. The number of hydrogen-bond acceptors (Lipinski definition) is 2. The number of carboxylic acid groups (broad SMARTS) is 1. The Bertz CT molecular complexity index is 295. The molecule has 19 heavy (non-hydrogen) atoms. The first-order valence-electron chi connectivity index (χ1n) is 8.15. The number of piperidine rings is 1. The molecular weight excluding hydrogens is 238 g/mol. The summed E-state index contributed by atoms with van der Waals surface area (Å²) in [5, 5.41) is 9.71. The summed E-state index contributed by atoms with van der Waals surface area (Å²) in [4.78, 5) is 14.3. The third kappa shape index (κ3) is 3.50. The average Bonchev–Trinajstić information content (AvgIpc) is 2.42. The van der Waals surface area contributed by atoms with E-state index in [1.165, 1.54) is 38.5 Å². The lowest BCUT2D eigenvalue weighted by atomic mass is 9.73. The Morgan fingerprint density at radius 1 is 1.21 bits per heavy atom. The van der Waals surface area contributed by atoms with E-state index in [1.807, 2.05) is 0 Å². The highest BCUT2D eigenvalue weighted by atomic mass is 16.4. The van der Waals surface area contributed by atoms with E-state index in [0.29, 0.717) is 6.04 Å². The fourth-order valence-electron chi connectivity index (χ4n) is 3.99. The van der Waals surface area contributed by atoms with Crippen LogP contribution in [0.4, 0.5) is 0 Å². The highest BCUT2D eigenvalue weighted by Gasteiger charge is 2.42. The van der Waals surface area contributed by atoms with Crippen molar-refractivity contribution in [3.8, 4) is 0 Å². The maximum absolute atomic E-state index is 11.8. The Balaban J connectivity index is 2.04. The largest absolute Gasteiger partial charge is 0.481 e. The van der Waals surface area contributed by atoms with Crippen molar-refractivity contribution in [3.05, 3.63) is 0 Å². The average molecular weight is 267 g/mol. The Hall–Kier alpha value is -0.570. The number of rotatable bonds is 5. The lowest BCUT2D eigenvalue weighted by Crippen LogP contribution is -2.49. The number of hydrogen-bond donors (Lipinski definition) is 1. The van der Waals surface area contributed by atoms with Gasteiger partial charge in [-0.05, 0) is 38.6 Å². The number of carbonyl (C=O) groups is 1. The molecule has 0 amide bonds. The molecule has 0 aromatic carbocycles. The predicted octanol–water partition coefficient (Wildman–Crippen LogP) is 3.68. The van der Waals surface area contributed by atoms with E-state index < -0.39 is 11.4 Å². The van der Waals surface area contributed by atoms with Crippen molar-refractivity contribution in [2.75, 3.05) is 13.1 Å². The van der Waals surface area contributed by atoms with Gasteiger partial charge < -0.3 is 5.11 Å². The van der Waals surface area contributed by atoms with Crippen LogP contribution in [0.3, 0.4) is 0 Å². The molecule has 2 rings (SSSR count). The SMILES string of the molecule is CCCC1CCCCN1CC1(C(=O)O)CCCCC1. The van der Waals surface area contributed by atoms with Gasteiger partial charge in [-0.2, -0.15) is 0 Å². The summed E-state index contributed by atoms with van der Waals surface area (Å²) in [6.07, 6.45) is 11.5. The van der Waals surface area contributed by atoms with E-state index in [1.54, 1.807) is 0 Å². The van der Waals surface area contributed by atoms with E-state index in [4.69, 9.17) is 0 Å². The molecule has 1 heterocycles. The van der Waals surface area contributed by atoms with Crippen LogP contribution in [0, 0.1) is 5.41 Å². The maximum Gasteiger partial charge on any atom is 0.310 e. The van der Waals surface area contributed by atoms with Gasteiger partial charge in [-0.25, -0.2) is 0 Å². The Morgan fingerprint density at radius 3 is 2.58 bits per heavy atom. The summed E-state index contributed by atoms with van der Waals surface area (Å²) in [6, 6.07) is 0.636. The monoisotopic (exact) mass is 267 g/mol. The number of nitrogens with zero attached hydrogens (tertiary/aromatic N) is 1. The molecule has 1 aliphatic heterocycles. The van der Waals surface area contributed by atoms with Crippen molar-refractivity contribution in [2.24, 2.45) is 5.41 Å². The third-order valence-corrected chi connectivity index (χ3v) is 5.14. The van der Waals surface area contributed by atoms with Crippen LogP contribution >= 0.6 is 0 Å². The zero-order chi connectivity index (χ0) is 13.7. The molecule has 1 unspecified atom stereocenters. The van der Waals surface area contributed by atoms with Gasteiger partial charge >= 0.3 is 5.97 Å². The molecule has 0 aromatic rings. The standard InChI is InChI=1S/C16H29NO2/c1-2-8-14-9-4-7-12-17(14)13-16(15(18)19)10-5-3-6-11-16/h14H,2-13H2,1H3,(H,18,19). The molecule has 2 fully saturated rings. The van der Waals surface area contributed by atoms with Gasteiger partial charge in [-0.1, -0.05) is 39.0 Å². The second kappa shape index (κ2) is 6.74. The topological polar surface area (TPSA) is 40.5 Å². The summed E-state index contributed by atoms with van der Waals surface area (Å²) in [5.41, 5.74) is -0.443. The van der Waals surface area contributed by atoms with Gasteiger partial charge in [-0.3, -0.25) is 9.69 Å². The molecular formula is C16H29NO2. The van der Waals surface area contributed by atoms with Crippen LogP contribution in [-0.4, -0.2) is 35.1 Å². The van der Waals surface area contributed by atoms with Crippen molar-refractivity contribution in [2.45, 2.75) is 77.2 Å². The van der Waals surface area contributed by atoms with E-state index in [9.17, 15) is 9.90 Å². The number of carboxylic acids is 1. The van der Waals surface area contributed by atoms with Crippen LogP contribution in [0.15, 0.2) is 0 Å². The Kier molecular flexibility index (Phi) is 5.26. The molecule has 0 bridgehead atoms. The van der Waals surface area contributed by atoms with Crippen LogP contribution in [0.5, 0.6) is 0 Å². The van der Waals surface area contributed by atoms with E-state index in [0.717, 1.165) is 38.8 Å². The van der Waals surface area contributed by atoms with Crippen LogP contribution < -0.4 is 0 Å². The molecule has 1 saturated carbocycles. The van der Waals surface area contributed by atoms with Gasteiger partial charge in [0.1, 0.15) is 0 Å². The van der Waals surface area contributed by atoms with E-state index >= 15 is 0 Å². The first-order chi connectivity index (χ1) is 9.18. The second-order valence-corrected chi connectivity index (χ2v) is 6.55. The summed E-state index contributed by atoms with van der Waals surface area (Å²) in [5.74, 6) is -0.548. The smallest absolute Gasteiger partial charge is 0.310 e. The van der Waals surface area contributed by atoms with Crippen LogP contribution in [0.25, 0.3) is 0 Å². The van der Waals surface area contributed by atoms with Crippen molar-refractivity contribution in [1.29, 1.82) is 0 Å². The van der Waals surface area contributed by atoms with Crippen molar-refractivity contribution < 1.29 is 9.90 Å². The normalized spacial score (nSPS) is 28.2. The summed E-state index contributed by atoms with van der Waals surface area (Å²) >= 11 is 0. The minimum atomic E-state index is -0.548. The molecule has 2 aliphatic rings. The van der Waals surface area contributed by atoms with Gasteiger partial charge in [0, 0.05) is 12.6 Å². The van der Waals surface area contributed by atoms with Crippen LogP contribution in [0.2, 0.25) is 0 Å². The zero-order valence-corrected chi connectivity index (χ0v) is 12.4. The van der Waals surface area contributed by atoms with Crippen molar-refractivity contribution in [1.82, 2.24) is 4.90 Å². The lowest BCUT2D eigenvalue weighted by molar-refractivity contribution is -0.153. The maximum atomic E-state index is 11.8. The van der Waals surface area contributed by atoms with Gasteiger partial charge in [0.2, 0.25) is 0 Å². The molecule has 3 nitrogen and oxygen atoms in total. The van der Waals surface area contributed by atoms with Gasteiger partial charge in [-0.15, -0.1) is 0 Å². The highest BCUT2D eigenvalue weighted by molar-refractivity contribution is 5.75. The molecule has 0 spiro atoms. The van der Waals surface area contributed by atoms with E-state index in [-0.39, 0.29) is 0 Å². The first-order valence-corrected chi connectivity index (χ1v) is 8.15. The summed E-state index contributed by atoms with van der Waals surface area (Å²) < 4.78 is 0. The summed E-state index contributed by atoms with van der Waals surface area (Å²) in [7, 11) is 0. The molecule has 1 saturated heterocycles. The third-order valence-electron chi connectivity index (χ3n) is 5.14. The number of aliphatic carboxylic acids is 1. The molecule has 1 N–H and O–H groups in total. The Labute approximate surface area is 117 Å². The fraction of sp³-hybridized carbons (Fsp3) is 0.938. The lowest BCUT2D eigenvalue weighted by Gasteiger charge is -2.43. The fourth-order valence-corrected chi connectivity index (χ4v) is 3.99. The van der Waals surface area contributed by atoms with E-state index in [2.05, 4.69) is 11.8 Å². The molecule has 3 heteroatoms. The molecule has 1 aliphatic carbocycles. The van der Waals surface area contributed by atoms with Crippen molar-refractivity contribution >= 4 is 5.97 Å². The Morgan fingerprint density at radius 2 is 1.95 bits per heavy atom. The van der Waals surface area contributed by atoms with Crippen LogP contribution in [0.1, 0.15) is 71.1 Å². The predicted molar refractivity (Wildman–Crippen MR) is 77.3 cm³/mol. The van der Waals surface area contributed by atoms with Gasteiger partial charge in [0.05, 0.1) is 5.41 Å². The van der Waals surface area contributed by atoms with Gasteiger partial charge in [0.25, 0.3) is 0 Å². The minimum absolute atomic E-state index is 0.443. The van der Waals surface area contributed by atoms with Gasteiger partial charge in [0.15, 0.2) is 0 Å². The minimum Gasteiger partial charge on any atom is -0.481 e. The quantitative estimate of drug-likeness (QED) is 0.826. The first kappa shape index (κ1) is 14.8. The molecule has 110 valence electrons. The highest BCUT2D eigenvalue weighted by Crippen LogP contribution is 2.39. The van der Waals surface area contributed by atoms with Crippen molar-refractivity contribution in [3.63, 3.8) is 0 Å². The zero-order valence-electron chi connectivity index (χ0n) is 12.4. The molecule has 0 radical (unpaired) electrons. The second-order valence-electron chi connectivity index (χ2n) is 6.55. The number of likely N-dealkylation sites (tertiary alicyclic amines) is 1.